The summed E-state index contributed by atoms with van der Waals surface area (Å²) in [7, 11) is 1.75. The molecule has 0 aliphatic heterocycles. The lowest BCUT2D eigenvalue weighted by Crippen LogP contribution is -2.41. The van der Waals surface area contributed by atoms with E-state index in [0.29, 0.717) is 5.92 Å². The van der Waals surface area contributed by atoms with Crippen molar-refractivity contribution in [3.8, 4) is 5.75 Å². The van der Waals surface area contributed by atoms with Crippen LogP contribution in [0.1, 0.15) is 45.1 Å². The molecule has 2 nitrogen and oxygen atoms in total. The van der Waals surface area contributed by atoms with Crippen LogP contribution in [0, 0.1) is 5.92 Å². The molecular formula is C17H26ClNO. The predicted octanol–water partition coefficient (Wildman–Crippen LogP) is 4.41. The first-order chi connectivity index (χ1) is 9.64. The van der Waals surface area contributed by atoms with E-state index in [-0.39, 0.29) is 5.41 Å². The normalized spacial score (nSPS) is 25.9. The van der Waals surface area contributed by atoms with E-state index in [1.807, 2.05) is 12.1 Å². The molecule has 0 saturated heterocycles. The highest BCUT2D eigenvalue weighted by Gasteiger charge is 2.43. The Morgan fingerprint density at radius 3 is 2.85 bits per heavy atom. The minimum absolute atomic E-state index is 0.158. The Balaban J connectivity index is 2.38. The fraction of sp³-hybridized carbons (Fsp3) is 0.647. The van der Waals surface area contributed by atoms with Crippen LogP contribution in [0.25, 0.3) is 0 Å². The third-order valence-corrected chi connectivity index (χ3v) is 5.00. The van der Waals surface area contributed by atoms with Crippen molar-refractivity contribution in [3.05, 3.63) is 28.8 Å². The van der Waals surface area contributed by atoms with Crippen LogP contribution in [0.4, 0.5) is 0 Å². The van der Waals surface area contributed by atoms with Crippen LogP contribution in [-0.4, -0.2) is 20.2 Å². The van der Waals surface area contributed by atoms with E-state index in [2.05, 4.69) is 25.2 Å². The molecule has 1 aliphatic carbocycles. The molecule has 2 atom stereocenters. The van der Waals surface area contributed by atoms with Crippen molar-refractivity contribution in [3.63, 3.8) is 0 Å². The topological polar surface area (TPSA) is 21.3 Å². The van der Waals surface area contributed by atoms with E-state index in [9.17, 15) is 0 Å². The van der Waals surface area contributed by atoms with Crippen LogP contribution >= 0.6 is 11.6 Å². The summed E-state index contributed by atoms with van der Waals surface area (Å²) in [6.07, 6.45) is 4.94. The van der Waals surface area contributed by atoms with Gasteiger partial charge in [0.25, 0.3) is 0 Å². The molecule has 2 unspecified atom stereocenters. The van der Waals surface area contributed by atoms with Crippen molar-refractivity contribution in [1.29, 1.82) is 0 Å². The third kappa shape index (κ3) is 2.96. The molecule has 0 radical (unpaired) electrons. The standard InChI is InChI=1S/C17H26ClNO/c1-4-10-19-12-17(9-5-6-13(17)2)15-11-14(18)7-8-16(15)20-3/h7-8,11,13,19H,4-6,9-10,12H2,1-3H3. The van der Waals surface area contributed by atoms with Crippen LogP contribution < -0.4 is 10.1 Å². The van der Waals surface area contributed by atoms with E-state index in [4.69, 9.17) is 16.3 Å². The maximum atomic E-state index is 6.25. The van der Waals surface area contributed by atoms with Crippen molar-refractivity contribution in [2.75, 3.05) is 20.2 Å². The fourth-order valence-corrected chi connectivity index (χ4v) is 3.73. The Morgan fingerprint density at radius 1 is 1.45 bits per heavy atom. The number of rotatable bonds is 6. The van der Waals surface area contributed by atoms with Crippen molar-refractivity contribution in [2.45, 2.75) is 44.9 Å². The molecule has 0 amide bonds. The summed E-state index contributed by atoms with van der Waals surface area (Å²) in [5, 5.41) is 4.42. The molecule has 112 valence electrons. The third-order valence-electron chi connectivity index (χ3n) is 4.77. The molecule has 0 bridgehead atoms. The van der Waals surface area contributed by atoms with Gasteiger partial charge >= 0.3 is 0 Å². The van der Waals surface area contributed by atoms with E-state index in [1.54, 1.807) is 7.11 Å². The summed E-state index contributed by atoms with van der Waals surface area (Å²) in [6, 6.07) is 6.02. The molecule has 1 aromatic carbocycles. The number of benzene rings is 1. The van der Waals surface area contributed by atoms with Gasteiger partial charge in [-0.3, -0.25) is 0 Å². The Hall–Kier alpha value is -0.730. The maximum absolute atomic E-state index is 6.25. The van der Waals surface area contributed by atoms with Crippen molar-refractivity contribution in [2.24, 2.45) is 5.92 Å². The molecule has 1 aliphatic rings. The molecule has 1 fully saturated rings. The van der Waals surface area contributed by atoms with Gasteiger partial charge in [-0.05, 0) is 49.9 Å². The second kappa shape index (κ2) is 6.82. The molecule has 0 spiro atoms. The van der Waals surface area contributed by atoms with Gasteiger partial charge in [-0.25, -0.2) is 0 Å². The number of methoxy groups -OCH3 is 1. The number of hydrogen-bond donors (Lipinski definition) is 1. The van der Waals surface area contributed by atoms with Gasteiger partial charge in [0.2, 0.25) is 0 Å². The summed E-state index contributed by atoms with van der Waals surface area (Å²) < 4.78 is 5.61. The quantitative estimate of drug-likeness (QED) is 0.785. The van der Waals surface area contributed by atoms with Gasteiger partial charge in [-0.1, -0.05) is 31.9 Å². The van der Waals surface area contributed by atoms with Crippen molar-refractivity contribution < 1.29 is 4.74 Å². The predicted molar refractivity (Wildman–Crippen MR) is 85.9 cm³/mol. The van der Waals surface area contributed by atoms with Gasteiger partial charge in [0, 0.05) is 22.5 Å². The molecule has 0 heterocycles. The highest BCUT2D eigenvalue weighted by atomic mass is 35.5. The summed E-state index contributed by atoms with van der Waals surface area (Å²) in [6.45, 7) is 6.65. The minimum Gasteiger partial charge on any atom is -0.496 e. The highest BCUT2D eigenvalue weighted by molar-refractivity contribution is 6.30. The van der Waals surface area contributed by atoms with E-state index in [1.165, 1.54) is 24.8 Å². The van der Waals surface area contributed by atoms with Gasteiger partial charge < -0.3 is 10.1 Å². The molecule has 3 heteroatoms. The average Bonchev–Trinajstić information content (AvgIpc) is 2.81. The van der Waals surface area contributed by atoms with Crippen LogP contribution in [0.3, 0.4) is 0 Å². The van der Waals surface area contributed by atoms with E-state index >= 15 is 0 Å². The minimum atomic E-state index is 0.158. The summed E-state index contributed by atoms with van der Waals surface area (Å²) in [5.41, 5.74) is 1.44. The van der Waals surface area contributed by atoms with Gasteiger partial charge in [0.05, 0.1) is 7.11 Å². The Morgan fingerprint density at radius 2 is 2.25 bits per heavy atom. The lowest BCUT2D eigenvalue weighted by molar-refractivity contribution is 0.301. The molecule has 1 aromatic rings. The molecule has 1 N–H and O–H groups in total. The molecule has 1 saturated carbocycles. The number of nitrogens with one attached hydrogen (secondary N) is 1. The molecular weight excluding hydrogens is 270 g/mol. The summed E-state index contributed by atoms with van der Waals surface area (Å²) in [4.78, 5) is 0. The second-order valence-corrected chi connectivity index (χ2v) is 6.41. The molecule has 20 heavy (non-hydrogen) atoms. The van der Waals surface area contributed by atoms with Crippen LogP contribution in [0.5, 0.6) is 5.75 Å². The Kier molecular flexibility index (Phi) is 5.34. The lowest BCUT2D eigenvalue weighted by Gasteiger charge is -2.36. The van der Waals surface area contributed by atoms with Crippen LogP contribution in [-0.2, 0) is 5.41 Å². The highest BCUT2D eigenvalue weighted by Crippen LogP contribution is 2.48. The number of hydrogen-bond acceptors (Lipinski definition) is 2. The monoisotopic (exact) mass is 295 g/mol. The first-order valence-corrected chi connectivity index (χ1v) is 8.06. The maximum Gasteiger partial charge on any atom is 0.122 e. The van der Waals surface area contributed by atoms with E-state index < -0.39 is 0 Å². The first-order valence-electron chi connectivity index (χ1n) is 7.68. The number of ether oxygens (including phenoxy) is 1. The van der Waals surface area contributed by atoms with Gasteiger partial charge in [-0.15, -0.1) is 0 Å². The van der Waals surface area contributed by atoms with Gasteiger partial charge in [0.15, 0.2) is 0 Å². The zero-order valence-electron chi connectivity index (χ0n) is 12.8. The van der Waals surface area contributed by atoms with Crippen molar-refractivity contribution >= 4 is 11.6 Å². The Bertz CT molecular complexity index is 449. The summed E-state index contributed by atoms with van der Waals surface area (Å²) >= 11 is 6.25. The van der Waals surface area contributed by atoms with Crippen molar-refractivity contribution in [1.82, 2.24) is 5.32 Å². The zero-order chi connectivity index (χ0) is 14.6. The SMILES string of the molecule is CCCNCC1(c2cc(Cl)ccc2OC)CCCC1C. The zero-order valence-corrected chi connectivity index (χ0v) is 13.6. The average molecular weight is 296 g/mol. The van der Waals surface area contributed by atoms with E-state index in [0.717, 1.165) is 30.3 Å². The fourth-order valence-electron chi connectivity index (χ4n) is 3.56. The first kappa shape index (κ1) is 15.7. The molecule has 2 rings (SSSR count). The van der Waals surface area contributed by atoms with Gasteiger partial charge in [0.1, 0.15) is 5.75 Å². The largest absolute Gasteiger partial charge is 0.496 e. The Labute approximate surface area is 127 Å². The number of halogens is 1. The lowest BCUT2D eigenvalue weighted by atomic mass is 9.72. The van der Waals surface area contributed by atoms with Crippen LogP contribution in [0.15, 0.2) is 18.2 Å². The summed E-state index contributed by atoms with van der Waals surface area (Å²) in [5.74, 6) is 1.63. The smallest absolute Gasteiger partial charge is 0.122 e. The van der Waals surface area contributed by atoms with Crippen LogP contribution in [0.2, 0.25) is 5.02 Å². The van der Waals surface area contributed by atoms with Gasteiger partial charge in [-0.2, -0.15) is 0 Å². The second-order valence-electron chi connectivity index (χ2n) is 5.97. The molecule has 0 aromatic heterocycles.